The van der Waals surface area contributed by atoms with E-state index in [9.17, 15) is 8.42 Å². The molecule has 2 rings (SSSR count). The van der Waals surface area contributed by atoms with Crippen molar-refractivity contribution in [2.24, 2.45) is 0 Å². The van der Waals surface area contributed by atoms with Gasteiger partial charge in [0.05, 0.1) is 15.6 Å². The molecular weight excluding hydrogens is 329 g/mol. The van der Waals surface area contributed by atoms with Gasteiger partial charge in [0.15, 0.2) is 0 Å². The first kappa shape index (κ1) is 14.5. The highest BCUT2D eigenvalue weighted by Gasteiger charge is 2.16. The number of benzene rings is 2. The molecule has 7 heteroatoms. The van der Waals surface area contributed by atoms with Crippen molar-refractivity contribution in [1.29, 1.82) is 0 Å². The highest BCUT2D eigenvalue weighted by molar-refractivity contribution is 7.92. The Hall–Kier alpha value is -0.940. The van der Waals surface area contributed by atoms with Crippen LogP contribution in [0, 0.1) is 0 Å². The van der Waals surface area contributed by atoms with Crippen LogP contribution in [0.4, 0.5) is 5.69 Å². The zero-order chi connectivity index (χ0) is 14.0. The predicted octanol–water partition coefficient (Wildman–Crippen LogP) is 4.45. The van der Waals surface area contributed by atoms with Crippen LogP contribution >= 0.6 is 34.8 Å². The van der Waals surface area contributed by atoms with Crippen LogP contribution in [0.15, 0.2) is 47.4 Å². The van der Waals surface area contributed by atoms with Gasteiger partial charge in [0.25, 0.3) is 10.0 Å². The maximum Gasteiger partial charge on any atom is 0.261 e. The Bertz CT molecular complexity index is 717. The molecule has 0 radical (unpaired) electrons. The monoisotopic (exact) mass is 335 g/mol. The van der Waals surface area contributed by atoms with Gasteiger partial charge < -0.3 is 0 Å². The van der Waals surface area contributed by atoms with Crippen LogP contribution < -0.4 is 4.72 Å². The van der Waals surface area contributed by atoms with Gasteiger partial charge in [-0.15, -0.1) is 0 Å². The first-order valence-electron chi connectivity index (χ1n) is 5.12. The van der Waals surface area contributed by atoms with Gasteiger partial charge in [-0.3, -0.25) is 4.72 Å². The highest BCUT2D eigenvalue weighted by atomic mass is 35.5. The Balaban J connectivity index is 2.39. The zero-order valence-corrected chi connectivity index (χ0v) is 12.5. The van der Waals surface area contributed by atoms with E-state index >= 15 is 0 Å². The van der Waals surface area contributed by atoms with Crippen LogP contribution in [0.1, 0.15) is 0 Å². The molecule has 0 fully saturated rings. The summed E-state index contributed by atoms with van der Waals surface area (Å²) in [7, 11) is -3.75. The lowest BCUT2D eigenvalue weighted by Gasteiger charge is -2.10. The molecule has 0 unspecified atom stereocenters. The summed E-state index contributed by atoms with van der Waals surface area (Å²) in [6.07, 6.45) is 0. The van der Waals surface area contributed by atoms with Gasteiger partial charge in [0, 0.05) is 10.0 Å². The average Bonchev–Trinajstić information content (AvgIpc) is 2.33. The third-order valence-electron chi connectivity index (χ3n) is 2.28. The molecule has 0 atom stereocenters. The number of nitrogens with one attached hydrogen (secondary N) is 1. The van der Waals surface area contributed by atoms with Crippen LogP contribution in [-0.2, 0) is 10.0 Å². The van der Waals surface area contributed by atoms with Crippen molar-refractivity contribution >= 4 is 50.5 Å². The van der Waals surface area contributed by atoms with E-state index in [0.717, 1.165) is 0 Å². The fourth-order valence-electron chi connectivity index (χ4n) is 1.41. The van der Waals surface area contributed by atoms with E-state index in [4.69, 9.17) is 34.8 Å². The summed E-state index contributed by atoms with van der Waals surface area (Å²) in [4.78, 5) is 0.0519. The molecule has 0 bridgehead atoms. The fraction of sp³-hybridized carbons (Fsp3) is 0. The minimum atomic E-state index is -3.75. The van der Waals surface area contributed by atoms with Crippen LogP contribution in [0.3, 0.4) is 0 Å². The van der Waals surface area contributed by atoms with Crippen molar-refractivity contribution < 1.29 is 8.42 Å². The number of hydrogen-bond acceptors (Lipinski definition) is 2. The molecule has 0 saturated carbocycles. The predicted molar refractivity (Wildman–Crippen MR) is 78.7 cm³/mol. The Morgan fingerprint density at radius 3 is 2.26 bits per heavy atom. The molecule has 0 saturated heterocycles. The third kappa shape index (κ3) is 3.54. The highest BCUT2D eigenvalue weighted by Crippen LogP contribution is 2.28. The fourth-order valence-corrected chi connectivity index (χ4v) is 3.18. The molecule has 0 aliphatic rings. The molecule has 0 heterocycles. The van der Waals surface area contributed by atoms with Crippen molar-refractivity contribution in [3.8, 4) is 0 Å². The first-order chi connectivity index (χ1) is 8.88. The van der Waals surface area contributed by atoms with Gasteiger partial charge in [0.2, 0.25) is 0 Å². The lowest BCUT2D eigenvalue weighted by molar-refractivity contribution is 0.601. The van der Waals surface area contributed by atoms with Crippen molar-refractivity contribution in [3.63, 3.8) is 0 Å². The van der Waals surface area contributed by atoms with Gasteiger partial charge in [-0.2, -0.15) is 0 Å². The zero-order valence-electron chi connectivity index (χ0n) is 9.40. The molecule has 1 N–H and O–H groups in total. The Morgan fingerprint density at radius 1 is 0.895 bits per heavy atom. The molecule has 100 valence electrons. The van der Waals surface area contributed by atoms with E-state index in [1.54, 1.807) is 18.2 Å². The van der Waals surface area contributed by atoms with E-state index < -0.39 is 10.0 Å². The normalized spacial score (nSPS) is 11.3. The third-order valence-corrected chi connectivity index (χ3v) is 4.44. The summed E-state index contributed by atoms with van der Waals surface area (Å²) in [5, 5.41) is 0.975. The SMILES string of the molecule is O=S(=O)(Nc1cc(Cl)ccc1Cl)c1cccc(Cl)c1. The topological polar surface area (TPSA) is 46.2 Å². The maximum atomic E-state index is 12.1. The Kier molecular flexibility index (Phi) is 4.26. The second-order valence-corrected chi connectivity index (χ2v) is 6.65. The van der Waals surface area contributed by atoms with Crippen molar-refractivity contribution in [3.05, 3.63) is 57.5 Å². The molecule has 0 amide bonds. The number of halogens is 3. The summed E-state index contributed by atoms with van der Waals surface area (Å²) < 4.78 is 26.7. The molecule has 3 nitrogen and oxygen atoms in total. The molecule has 2 aromatic rings. The number of rotatable bonds is 3. The van der Waals surface area contributed by atoms with E-state index in [-0.39, 0.29) is 15.6 Å². The van der Waals surface area contributed by atoms with Gasteiger partial charge >= 0.3 is 0 Å². The summed E-state index contributed by atoms with van der Waals surface area (Å²) in [6.45, 7) is 0. The largest absolute Gasteiger partial charge is 0.278 e. The molecule has 19 heavy (non-hydrogen) atoms. The minimum absolute atomic E-state index is 0.0519. The molecule has 0 aliphatic heterocycles. The Morgan fingerprint density at radius 2 is 1.58 bits per heavy atom. The summed E-state index contributed by atoms with van der Waals surface area (Å²) in [6, 6.07) is 10.4. The molecule has 0 aromatic heterocycles. The second kappa shape index (κ2) is 5.59. The van der Waals surface area contributed by atoms with E-state index in [1.807, 2.05) is 0 Å². The van der Waals surface area contributed by atoms with E-state index in [2.05, 4.69) is 4.72 Å². The molecular formula is C12H8Cl3NO2S. The lowest BCUT2D eigenvalue weighted by Crippen LogP contribution is -2.13. The van der Waals surface area contributed by atoms with Crippen molar-refractivity contribution in [2.75, 3.05) is 4.72 Å². The van der Waals surface area contributed by atoms with Crippen LogP contribution in [-0.4, -0.2) is 8.42 Å². The quantitative estimate of drug-likeness (QED) is 0.900. The second-order valence-electron chi connectivity index (χ2n) is 3.69. The molecule has 0 spiro atoms. The van der Waals surface area contributed by atoms with Crippen LogP contribution in [0.5, 0.6) is 0 Å². The summed E-state index contributed by atoms with van der Waals surface area (Å²) in [5.41, 5.74) is 0.217. The lowest BCUT2D eigenvalue weighted by atomic mass is 10.3. The smallest absolute Gasteiger partial charge is 0.261 e. The number of sulfonamides is 1. The van der Waals surface area contributed by atoms with Crippen molar-refractivity contribution in [2.45, 2.75) is 4.90 Å². The van der Waals surface area contributed by atoms with Crippen LogP contribution in [0.25, 0.3) is 0 Å². The van der Waals surface area contributed by atoms with Crippen LogP contribution in [0.2, 0.25) is 15.1 Å². The van der Waals surface area contributed by atoms with Crippen molar-refractivity contribution in [1.82, 2.24) is 0 Å². The van der Waals surface area contributed by atoms with E-state index in [1.165, 1.54) is 24.3 Å². The average molecular weight is 337 g/mol. The molecule has 2 aromatic carbocycles. The van der Waals surface area contributed by atoms with Gasteiger partial charge in [-0.1, -0.05) is 40.9 Å². The first-order valence-corrected chi connectivity index (χ1v) is 7.73. The van der Waals surface area contributed by atoms with E-state index in [0.29, 0.717) is 10.0 Å². The van der Waals surface area contributed by atoms with Gasteiger partial charge in [-0.05, 0) is 36.4 Å². The van der Waals surface area contributed by atoms with Gasteiger partial charge in [-0.25, -0.2) is 8.42 Å². The number of hydrogen-bond donors (Lipinski definition) is 1. The Labute approximate surface area is 126 Å². The van der Waals surface area contributed by atoms with Gasteiger partial charge in [0.1, 0.15) is 0 Å². The summed E-state index contributed by atoms with van der Waals surface area (Å²) in [5.74, 6) is 0. The standard InChI is InChI=1S/C12H8Cl3NO2S/c13-8-2-1-3-10(6-8)19(17,18)16-12-7-9(14)4-5-11(12)15/h1-7,16H. The summed E-state index contributed by atoms with van der Waals surface area (Å²) >= 11 is 17.5. The minimum Gasteiger partial charge on any atom is -0.278 e. The number of anilines is 1. The molecule has 0 aliphatic carbocycles. The maximum absolute atomic E-state index is 12.1.